The number of unbranched alkanes of at least 4 members (excludes halogenated alkanes) is 1. The van der Waals surface area contributed by atoms with E-state index in [1.165, 1.54) is 0 Å². The molecule has 0 fully saturated rings. The zero-order valence-electron chi connectivity index (χ0n) is 22.7. The number of nitrogens with zero attached hydrogens (tertiary/aromatic N) is 1. The van der Waals surface area contributed by atoms with Crippen molar-refractivity contribution >= 4 is 17.6 Å². The number of aryl methyl sites for hydroxylation is 1. The number of rotatable bonds is 11. The lowest BCUT2D eigenvalue weighted by Crippen LogP contribution is -2.22. The third-order valence-corrected chi connectivity index (χ3v) is 6.69. The molecule has 2 N–H and O–H groups in total. The van der Waals surface area contributed by atoms with Gasteiger partial charge in [0.2, 0.25) is 5.88 Å². The second-order valence-electron chi connectivity index (χ2n) is 9.14. The Hall–Kier alpha value is -4.35. The summed E-state index contributed by atoms with van der Waals surface area (Å²) < 4.78 is 28.5. The summed E-state index contributed by atoms with van der Waals surface area (Å²) in [5, 5.41) is 10.5. The Morgan fingerprint density at radius 1 is 1.02 bits per heavy atom. The predicted octanol–water partition coefficient (Wildman–Crippen LogP) is 6.43. The molecule has 4 rings (SSSR count). The van der Waals surface area contributed by atoms with Crippen LogP contribution in [0.5, 0.6) is 28.7 Å². The molecule has 3 aromatic carbocycles. The predicted molar refractivity (Wildman–Crippen MR) is 151 cm³/mol. The normalized spacial score (nSPS) is 14.0. The highest BCUT2D eigenvalue weighted by atomic mass is 35.5. The van der Waals surface area contributed by atoms with Crippen molar-refractivity contribution in [2.45, 2.75) is 39.5 Å². The number of carbonyl (C=O) groups is 1. The Balaban J connectivity index is 1.56. The lowest BCUT2D eigenvalue weighted by atomic mass is 9.83. The Labute approximate surface area is 238 Å². The van der Waals surface area contributed by atoms with E-state index in [-0.39, 0.29) is 23.8 Å². The second kappa shape index (κ2) is 13.1. The van der Waals surface area contributed by atoms with E-state index in [2.05, 4.69) is 13.0 Å². The number of nitriles is 1. The molecule has 1 aliphatic heterocycles. The monoisotopic (exact) mass is 562 g/mol. The van der Waals surface area contributed by atoms with Crippen LogP contribution in [0.1, 0.15) is 49.3 Å². The molecule has 8 nitrogen and oxygen atoms in total. The van der Waals surface area contributed by atoms with Gasteiger partial charge in [-0.1, -0.05) is 37.1 Å². The van der Waals surface area contributed by atoms with Gasteiger partial charge in [0.25, 0.3) is 0 Å². The first-order valence-corrected chi connectivity index (χ1v) is 13.4. The number of carbonyl (C=O) groups excluding carboxylic acids is 1. The average Bonchev–Trinajstić information content (AvgIpc) is 2.94. The standard InChI is InChI=1S/C31H31ClN2O6/c1-4-6-13-37-26-12-7-20(15-28(26)36-5-2)30-23-10-8-22(16-27(23)40-31(34)24(30)17-33)39-29(35)18-38-21-9-11-25(32)19(3)14-21/h7-12,14-16,30H,4-6,13,18,34H2,1-3H3. The van der Waals surface area contributed by atoms with Gasteiger partial charge in [0, 0.05) is 16.7 Å². The van der Waals surface area contributed by atoms with Crippen molar-refractivity contribution in [2.75, 3.05) is 19.8 Å². The van der Waals surface area contributed by atoms with Crippen molar-refractivity contribution in [3.63, 3.8) is 0 Å². The fourth-order valence-electron chi connectivity index (χ4n) is 4.27. The fourth-order valence-corrected chi connectivity index (χ4v) is 4.39. The maximum Gasteiger partial charge on any atom is 0.349 e. The molecule has 40 heavy (non-hydrogen) atoms. The van der Waals surface area contributed by atoms with Gasteiger partial charge in [0.15, 0.2) is 18.1 Å². The zero-order chi connectivity index (χ0) is 28.6. The Bertz CT molecular complexity index is 1460. The van der Waals surface area contributed by atoms with Gasteiger partial charge >= 0.3 is 5.97 Å². The van der Waals surface area contributed by atoms with E-state index in [4.69, 9.17) is 41.0 Å². The maximum absolute atomic E-state index is 12.5. The van der Waals surface area contributed by atoms with E-state index in [9.17, 15) is 10.1 Å². The number of nitrogens with two attached hydrogens (primary N) is 1. The fraction of sp³-hybridized carbons (Fsp3) is 0.290. The highest BCUT2D eigenvalue weighted by Crippen LogP contribution is 2.45. The van der Waals surface area contributed by atoms with Gasteiger partial charge in [-0.25, -0.2) is 4.79 Å². The largest absolute Gasteiger partial charge is 0.490 e. The molecular formula is C31H31ClN2O6. The molecule has 0 aliphatic carbocycles. The molecule has 0 spiro atoms. The molecule has 208 valence electrons. The van der Waals surface area contributed by atoms with E-state index in [0.717, 1.165) is 24.0 Å². The number of allylic oxidation sites excluding steroid dienone is 1. The number of ether oxygens (including phenoxy) is 5. The minimum Gasteiger partial charge on any atom is -0.490 e. The molecule has 0 amide bonds. The summed E-state index contributed by atoms with van der Waals surface area (Å²) in [5.74, 6) is 1.22. The van der Waals surface area contributed by atoms with Gasteiger partial charge in [-0.2, -0.15) is 5.26 Å². The van der Waals surface area contributed by atoms with E-state index in [1.807, 2.05) is 32.0 Å². The first-order valence-electron chi connectivity index (χ1n) is 13.0. The minimum atomic E-state index is -0.596. The summed E-state index contributed by atoms with van der Waals surface area (Å²) in [5.41, 5.74) is 8.75. The van der Waals surface area contributed by atoms with Gasteiger partial charge in [-0.05, 0) is 67.8 Å². The molecule has 0 saturated carbocycles. The quantitative estimate of drug-likeness (QED) is 0.162. The lowest BCUT2D eigenvalue weighted by molar-refractivity contribution is -0.136. The summed E-state index contributed by atoms with van der Waals surface area (Å²) in [7, 11) is 0. The molecule has 0 radical (unpaired) electrons. The molecule has 0 aromatic heterocycles. The second-order valence-corrected chi connectivity index (χ2v) is 9.55. The highest BCUT2D eigenvalue weighted by molar-refractivity contribution is 6.31. The number of fused-ring (bicyclic) bond motifs is 1. The van der Waals surface area contributed by atoms with Crippen molar-refractivity contribution in [2.24, 2.45) is 5.73 Å². The minimum absolute atomic E-state index is 0.0221. The summed E-state index contributed by atoms with van der Waals surface area (Å²) in [6, 6.07) is 17.9. The molecule has 1 unspecified atom stereocenters. The number of esters is 1. The first kappa shape index (κ1) is 28.7. The number of hydrogen-bond acceptors (Lipinski definition) is 8. The third-order valence-electron chi connectivity index (χ3n) is 6.26. The molecule has 3 aromatic rings. The van der Waals surface area contributed by atoms with Crippen LogP contribution < -0.4 is 29.4 Å². The van der Waals surface area contributed by atoms with Crippen LogP contribution in [0.2, 0.25) is 5.02 Å². The lowest BCUT2D eigenvalue weighted by Gasteiger charge is -2.27. The van der Waals surface area contributed by atoms with Gasteiger partial charge in [-0.15, -0.1) is 0 Å². The Kier molecular flexibility index (Phi) is 9.41. The molecule has 1 aliphatic rings. The van der Waals surface area contributed by atoms with Crippen LogP contribution in [0.25, 0.3) is 0 Å². The van der Waals surface area contributed by atoms with Crippen molar-refractivity contribution in [3.8, 4) is 34.8 Å². The number of halogens is 1. The van der Waals surface area contributed by atoms with Crippen molar-refractivity contribution < 1.29 is 28.5 Å². The summed E-state index contributed by atoms with van der Waals surface area (Å²) in [6.45, 7) is 6.58. The summed E-state index contributed by atoms with van der Waals surface area (Å²) >= 11 is 6.04. The maximum atomic E-state index is 12.5. The molecule has 9 heteroatoms. The van der Waals surface area contributed by atoms with Crippen molar-refractivity contribution in [1.82, 2.24) is 0 Å². The van der Waals surface area contributed by atoms with E-state index in [0.29, 0.717) is 46.8 Å². The third kappa shape index (κ3) is 6.61. The van der Waals surface area contributed by atoms with Gasteiger partial charge in [-0.3, -0.25) is 0 Å². The van der Waals surface area contributed by atoms with Crippen molar-refractivity contribution in [3.05, 3.63) is 87.8 Å². The van der Waals surface area contributed by atoms with Crippen LogP contribution >= 0.6 is 11.6 Å². The van der Waals surface area contributed by atoms with Crippen LogP contribution in [0.3, 0.4) is 0 Å². The van der Waals surface area contributed by atoms with Gasteiger partial charge < -0.3 is 29.4 Å². The van der Waals surface area contributed by atoms with Crippen LogP contribution in [0.4, 0.5) is 0 Å². The van der Waals surface area contributed by atoms with Crippen LogP contribution in [-0.4, -0.2) is 25.8 Å². The van der Waals surface area contributed by atoms with E-state index in [1.54, 1.807) is 36.4 Å². The van der Waals surface area contributed by atoms with Crippen molar-refractivity contribution in [1.29, 1.82) is 5.26 Å². The molecule has 1 heterocycles. The van der Waals surface area contributed by atoms with Gasteiger partial charge in [0.1, 0.15) is 28.9 Å². The van der Waals surface area contributed by atoms with E-state index < -0.39 is 11.9 Å². The van der Waals surface area contributed by atoms with E-state index >= 15 is 0 Å². The molecule has 1 atom stereocenters. The highest BCUT2D eigenvalue weighted by Gasteiger charge is 2.32. The molecule has 0 bridgehead atoms. The first-order chi connectivity index (χ1) is 19.3. The Morgan fingerprint density at radius 2 is 1.82 bits per heavy atom. The average molecular weight is 563 g/mol. The summed E-state index contributed by atoms with van der Waals surface area (Å²) in [6.07, 6.45) is 1.95. The zero-order valence-corrected chi connectivity index (χ0v) is 23.4. The number of benzene rings is 3. The number of hydrogen-bond donors (Lipinski definition) is 1. The van der Waals surface area contributed by atoms with Crippen LogP contribution in [0.15, 0.2) is 66.1 Å². The molecule has 0 saturated heterocycles. The topological polar surface area (TPSA) is 113 Å². The summed E-state index contributed by atoms with van der Waals surface area (Å²) in [4.78, 5) is 12.5. The SMILES string of the molecule is CCCCOc1ccc(C2C(C#N)=C(N)Oc3cc(OC(=O)COc4ccc(Cl)c(C)c4)ccc32)cc1OCC. The van der Waals surface area contributed by atoms with Crippen LogP contribution in [-0.2, 0) is 4.79 Å². The molecular weight excluding hydrogens is 532 g/mol. The Morgan fingerprint density at radius 3 is 2.55 bits per heavy atom. The smallest absolute Gasteiger partial charge is 0.349 e. The van der Waals surface area contributed by atoms with Crippen LogP contribution in [0, 0.1) is 18.3 Å². The van der Waals surface area contributed by atoms with Gasteiger partial charge in [0.05, 0.1) is 19.1 Å².